The number of piperazine rings is 1. The third-order valence-corrected chi connectivity index (χ3v) is 2.90. The molecule has 1 aliphatic heterocycles. The molecule has 2 amide bonds. The Kier molecular flexibility index (Phi) is 3.49. The molecule has 0 spiro atoms. The molecule has 0 aromatic heterocycles. The largest absolute Gasteiger partial charge is 0.389 e. The van der Waals surface area contributed by atoms with Crippen LogP contribution in [-0.2, 0) is 9.59 Å². The second kappa shape index (κ2) is 5.08. The Labute approximate surface area is 110 Å². The van der Waals surface area contributed by atoms with Gasteiger partial charge in [0.1, 0.15) is 0 Å². The number of nitrogens with zero attached hydrogens (tertiary/aromatic N) is 2. The summed E-state index contributed by atoms with van der Waals surface area (Å²) in [7, 11) is 0. The third kappa shape index (κ3) is 2.72. The van der Waals surface area contributed by atoms with E-state index >= 15 is 0 Å². The molecule has 0 radical (unpaired) electrons. The van der Waals surface area contributed by atoms with Crippen molar-refractivity contribution < 1.29 is 14.7 Å². The Bertz CT molecular complexity index is 559. The van der Waals surface area contributed by atoms with Crippen LogP contribution in [0.4, 0.5) is 5.69 Å². The lowest BCUT2D eigenvalue weighted by Gasteiger charge is -2.30. The summed E-state index contributed by atoms with van der Waals surface area (Å²) in [6.45, 7) is 1.65. The average molecular weight is 259 g/mol. The number of hydrogen-bond donors (Lipinski definition) is 2. The van der Waals surface area contributed by atoms with Crippen molar-refractivity contribution >= 4 is 17.5 Å². The number of nitriles is 1. The Morgan fingerprint density at radius 2 is 2.00 bits per heavy atom. The summed E-state index contributed by atoms with van der Waals surface area (Å²) in [6.07, 6.45) is -0.747. The zero-order valence-electron chi connectivity index (χ0n) is 10.4. The van der Waals surface area contributed by atoms with Crippen molar-refractivity contribution in [3.63, 3.8) is 0 Å². The van der Waals surface area contributed by atoms with Gasteiger partial charge in [-0.05, 0) is 19.1 Å². The smallest absolute Gasteiger partial charge is 0.246 e. The second-order valence-corrected chi connectivity index (χ2v) is 4.39. The second-order valence-electron chi connectivity index (χ2n) is 4.39. The highest BCUT2D eigenvalue weighted by atomic mass is 16.3. The fraction of sp³-hybridized carbons (Fsp3) is 0.308. The lowest BCUT2D eigenvalue weighted by Crippen LogP contribution is -2.51. The zero-order valence-corrected chi connectivity index (χ0v) is 10.4. The van der Waals surface area contributed by atoms with Gasteiger partial charge in [0.2, 0.25) is 11.8 Å². The Balaban J connectivity index is 2.44. The summed E-state index contributed by atoms with van der Waals surface area (Å²) in [5, 5.41) is 20.9. The minimum absolute atomic E-state index is 0.0281. The number of benzene rings is 1. The molecule has 2 N–H and O–H groups in total. The van der Waals surface area contributed by atoms with E-state index in [0.717, 1.165) is 0 Å². The van der Waals surface area contributed by atoms with Gasteiger partial charge in [0, 0.05) is 11.3 Å². The highest BCUT2D eigenvalue weighted by Gasteiger charge is 2.25. The van der Waals surface area contributed by atoms with Crippen molar-refractivity contribution in [3.05, 3.63) is 29.3 Å². The SMILES string of the molecule is C[C@H](O)c1ccc(C#N)cc1N1CC(=O)NC(=O)C1. The van der Waals surface area contributed by atoms with Crippen LogP contribution in [0.5, 0.6) is 0 Å². The fourth-order valence-corrected chi connectivity index (χ4v) is 2.05. The van der Waals surface area contributed by atoms with Crippen LogP contribution >= 0.6 is 0 Å². The summed E-state index contributed by atoms with van der Waals surface area (Å²) >= 11 is 0. The quantitative estimate of drug-likeness (QED) is 0.733. The van der Waals surface area contributed by atoms with Crippen molar-refractivity contribution in [1.29, 1.82) is 5.26 Å². The van der Waals surface area contributed by atoms with Crippen LogP contribution < -0.4 is 10.2 Å². The maximum absolute atomic E-state index is 11.4. The molecule has 98 valence electrons. The number of aliphatic hydroxyl groups is 1. The van der Waals surface area contributed by atoms with Gasteiger partial charge in [-0.25, -0.2) is 0 Å². The Morgan fingerprint density at radius 3 is 2.53 bits per heavy atom. The van der Waals surface area contributed by atoms with E-state index in [4.69, 9.17) is 5.26 Å². The van der Waals surface area contributed by atoms with Gasteiger partial charge in [0.15, 0.2) is 0 Å². The zero-order chi connectivity index (χ0) is 14.0. The number of hydrogen-bond acceptors (Lipinski definition) is 5. The molecule has 0 aliphatic carbocycles. The first-order valence-electron chi connectivity index (χ1n) is 5.81. The number of imide groups is 1. The van der Waals surface area contributed by atoms with Crippen molar-refractivity contribution in [2.75, 3.05) is 18.0 Å². The van der Waals surface area contributed by atoms with Crippen LogP contribution in [0, 0.1) is 11.3 Å². The molecule has 19 heavy (non-hydrogen) atoms. The number of nitrogens with one attached hydrogen (secondary N) is 1. The van der Waals surface area contributed by atoms with E-state index in [1.54, 1.807) is 30.0 Å². The predicted molar refractivity (Wildman–Crippen MR) is 67.2 cm³/mol. The van der Waals surface area contributed by atoms with Crippen LogP contribution in [0.2, 0.25) is 0 Å². The maximum atomic E-state index is 11.4. The van der Waals surface area contributed by atoms with Crippen molar-refractivity contribution in [3.8, 4) is 6.07 Å². The van der Waals surface area contributed by atoms with Gasteiger partial charge in [-0.1, -0.05) is 6.07 Å². The van der Waals surface area contributed by atoms with Crippen LogP contribution in [-0.4, -0.2) is 30.0 Å². The third-order valence-electron chi connectivity index (χ3n) is 2.90. The number of carbonyl (C=O) groups excluding carboxylic acids is 2. The molecule has 0 bridgehead atoms. The van der Waals surface area contributed by atoms with E-state index in [2.05, 4.69) is 5.32 Å². The van der Waals surface area contributed by atoms with E-state index in [0.29, 0.717) is 16.8 Å². The summed E-state index contributed by atoms with van der Waals surface area (Å²) in [4.78, 5) is 24.3. The van der Waals surface area contributed by atoms with Crippen molar-refractivity contribution in [2.24, 2.45) is 0 Å². The van der Waals surface area contributed by atoms with Gasteiger partial charge in [-0.3, -0.25) is 14.9 Å². The van der Waals surface area contributed by atoms with Gasteiger partial charge >= 0.3 is 0 Å². The van der Waals surface area contributed by atoms with Crippen molar-refractivity contribution in [1.82, 2.24) is 5.32 Å². The van der Waals surface area contributed by atoms with E-state index in [9.17, 15) is 14.7 Å². The molecule has 6 heteroatoms. The monoisotopic (exact) mass is 259 g/mol. The summed E-state index contributed by atoms with van der Waals surface area (Å²) in [5.41, 5.74) is 1.54. The van der Waals surface area contributed by atoms with Gasteiger partial charge in [0.25, 0.3) is 0 Å². The standard InChI is InChI=1S/C13H13N3O3/c1-8(17)10-3-2-9(5-14)4-11(10)16-6-12(18)15-13(19)7-16/h2-4,8,17H,6-7H2,1H3,(H,15,18,19)/t8-/m0/s1. The average Bonchev–Trinajstić information content (AvgIpc) is 2.36. The molecule has 1 atom stereocenters. The number of anilines is 1. The Morgan fingerprint density at radius 1 is 1.37 bits per heavy atom. The summed E-state index contributed by atoms with van der Waals surface area (Å²) < 4.78 is 0. The molecule has 1 heterocycles. The highest BCUT2D eigenvalue weighted by Crippen LogP contribution is 2.28. The van der Waals surface area contributed by atoms with E-state index < -0.39 is 17.9 Å². The van der Waals surface area contributed by atoms with Crippen LogP contribution in [0.3, 0.4) is 0 Å². The van der Waals surface area contributed by atoms with Crippen molar-refractivity contribution in [2.45, 2.75) is 13.0 Å². The van der Waals surface area contributed by atoms with Gasteiger partial charge in [-0.2, -0.15) is 5.26 Å². The lowest BCUT2D eigenvalue weighted by atomic mass is 10.0. The molecule has 2 rings (SSSR count). The molecule has 1 fully saturated rings. The molecule has 1 aromatic carbocycles. The first-order valence-corrected chi connectivity index (χ1v) is 5.81. The maximum Gasteiger partial charge on any atom is 0.246 e. The van der Waals surface area contributed by atoms with Crippen LogP contribution in [0.1, 0.15) is 24.2 Å². The molecule has 6 nitrogen and oxygen atoms in total. The molecule has 0 unspecified atom stereocenters. The first-order chi connectivity index (χ1) is 9.01. The first kappa shape index (κ1) is 13.1. The van der Waals surface area contributed by atoms with Crippen LogP contribution in [0.15, 0.2) is 18.2 Å². The normalized spacial score (nSPS) is 16.8. The molecular formula is C13H13N3O3. The summed E-state index contributed by atoms with van der Waals surface area (Å²) in [5.74, 6) is -0.787. The topological polar surface area (TPSA) is 93.4 Å². The van der Waals surface area contributed by atoms with E-state index in [1.165, 1.54) is 0 Å². The van der Waals surface area contributed by atoms with E-state index in [1.807, 2.05) is 6.07 Å². The fourth-order valence-electron chi connectivity index (χ4n) is 2.05. The van der Waals surface area contributed by atoms with Gasteiger partial charge in [-0.15, -0.1) is 0 Å². The molecule has 0 saturated carbocycles. The molecule has 1 aromatic rings. The molecule has 1 saturated heterocycles. The molecule has 1 aliphatic rings. The summed E-state index contributed by atoms with van der Waals surface area (Å²) in [6, 6.07) is 6.81. The van der Waals surface area contributed by atoms with Gasteiger partial charge < -0.3 is 10.0 Å². The van der Waals surface area contributed by atoms with E-state index in [-0.39, 0.29) is 13.1 Å². The lowest BCUT2D eigenvalue weighted by molar-refractivity contribution is -0.130. The highest BCUT2D eigenvalue weighted by molar-refractivity contribution is 6.02. The minimum atomic E-state index is -0.747. The van der Waals surface area contributed by atoms with Gasteiger partial charge in [0.05, 0.1) is 30.8 Å². The number of aliphatic hydroxyl groups excluding tert-OH is 1. The minimum Gasteiger partial charge on any atom is -0.389 e. The number of amides is 2. The Hall–Kier alpha value is -2.39. The predicted octanol–water partition coefficient (Wildman–Crippen LogP) is 0.0744. The van der Waals surface area contributed by atoms with Crippen LogP contribution in [0.25, 0.3) is 0 Å². The molecular weight excluding hydrogens is 246 g/mol. The number of rotatable bonds is 2. The number of carbonyl (C=O) groups is 2.